The van der Waals surface area contributed by atoms with E-state index in [0.29, 0.717) is 5.56 Å². The predicted octanol–water partition coefficient (Wildman–Crippen LogP) is 4.77. The van der Waals surface area contributed by atoms with Crippen LogP contribution in [0.25, 0.3) is 4.91 Å². The summed E-state index contributed by atoms with van der Waals surface area (Å²) in [4.78, 5) is 12.9. The van der Waals surface area contributed by atoms with Crippen molar-refractivity contribution in [3.63, 3.8) is 0 Å². The van der Waals surface area contributed by atoms with Crippen LogP contribution in [0.15, 0.2) is 55.1 Å². The molecule has 0 radical (unpaired) electrons. The number of benzene rings is 2. The lowest BCUT2D eigenvalue weighted by molar-refractivity contribution is 0.108. The summed E-state index contributed by atoms with van der Waals surface area (Å²) in [5.41, 5.74) is 1.61. The fraction of sp³-hybridized carbons (Fsp3) is 0.167. The molecule has 0 aliphatic rings. The number of thioether (sulfide) groups is 2. The zero-order chi connectivity index (χ0) is 16.7. The van der Waals surface area contributed by atoms with Crippen molar-refractivity contribution in [2.75, 3.05) is 11.5 Å². The Kier molecular flexibility index (Phi) is 6.62. The monoisotopic (exact) mass is 346 g/mol. The van der Waals surface area contributed by atoms with E-state index in [2.05, 4.69) is 6.58 Å². The summed E-state index contributed by atoms with van der Waals surface area (Å²) in [7, 11) is 0. The second-order valence-corrected chi connectivity index (χ2v) is 7.11. The van der Waals surface area contributed by atoms with Gasteiger partial charge in [-0.3, -0.25) is 4.79 Å². The Morgan fingerprint density at radius 2 is 1.30 bits per heavy atom. The van der Waals surface area contributed by atoms with Gasteiger partial charge in [-0.25, -0.2) is 0 Å². The van der Waals surface area contributed by atoms with E-state index in [1.807, 2.05) is 12.1 Å². The van der Waals surface area contributed by atoms with Crippen molar-refractivity contribution in [2.24, 2.45) is 0 Å². The number of hydrogen-bond acceptors (Lipinski definition) is 5. The number of rotatable bonds is 7. The smallest absolute Gasteiger partial charge is 0.219 e. The van der Waals surface area contributed by atoms with Crippen LogP contribution in [-0.4, -0.2) is 26.8 Å². The number of carbonyl (C=O) groups is 1. The van der Waals surface area contributed by atoms with Gasteiger partial charge >= 0.3 is 0 Å². The topological polar surface area (TPSA) is 57.5 Å². The van der Waals surface area contributed by atoms with Crippen molar-refractivity contribution in [3.05, 3.63) is 66.2 Å². The second-order valence-electron chi connectivity index (χ2n) is 4.85. The molecule has 0 saturated heterocycles. The third-order valence-corrected chi connectivity index (χ3v) is 5.16. The SMILES string of the molecule is C=C(SCCCSC(=O)c1ccc(O)cc1)c1ccc(O)cc1. The van der Waals surface area contributed by atoms with Gasteiger partial charge in [0.1, 0.15) is 11.5 Å². The molecule has 0 heterocycles. The molecule has 2 rings (SSSR count). The third-order valence-electron chi connectivity index (χ3n) is 3.09. The molecule has 0 unspecified atom stereocenters. The second kappa shape index (κ2) is 8.70. The van der Waals surface area contributed by atoms with Gasteiger partial charge in [-0.1, -0.05) is 30.5 Å². The first-order chi connectivity index (χ1) is 11.1. The van der Waals surface area contributed by atoms with Gasteiger partial charge in [0, 0.05) is 16.2 Å². The molecular weight excluding hydrogens is 328 g/mol. The zero-order valence-corrected chi connectivity index (χ0v) is 14.2. The molecule has 120 valence electrons. The fourth-order valence-corrected chi connectivity index (χ4v) is 3.63. The first kappa shape index (κ1) is 17.5. The van der Waals surface area contributed by atoms with Crippen LogP contribution in [0.1, 0.15) is 22.3 Å². The molecule has 0 bridgehead atoms. The normalized spacial score (nSPS) is 10.4. The highest BCUT2D eigenvalue weighted by atomic mass is 32.2. The number of phenols is 2. The fourth-order valence-electron chi connectivity index (χ4n) is 1.83. The molecule has 5 heteroatoms. The summed E-state index contributed by atoms with van der Waals surface area (Å²) in [5, 5.41) is 18.5. The molecule has 0 aliphatic carbocycles. The number of aromatic hydroxyl groups is 2. The van der Waals surface area contributed by atoms with Gasteiger partial charge in [0.25, 0.3) is 0 Å². The van der Waals surface area contributed by atoms with Gasteiger partial charge in [-0.05, 0) is 54.1 Å². The number of hydrogen-bond donors (Lipinski definition) is 2. The minimum atomic E-state index is 0.0207. The van der Waals surface area contributed by atoms with E-state index in [1.54, 1.807) is 36.0 Å². The van der Waals surface area contributed by atoms with Crippen LogP contribution >= 0.6 is 23.5 Å². The van der Waals surface area contributed by atoms with E-state index >= 15 is 0 Å². The Morgan fingerprint density at radius 3 is 1.87 bits per heavy atom. The first-order valence-electron chi connectivity index (χ1n) is 7.13. The average molecular weight is 346 g/mol. The standard InChI is InChI=1S/C18H18O3S2/c1-13(14-3-7-16(19)8-4-14)22-11-2-12-23-18(21)15-5-9-17(20)10-6-15/h3-10,19-20H,1-2,11-12H2. The van der Waals surface area contributed by atoms with Crippen molar-refractivity contribution in [1.82, 2.24) is 0 Å². The quantitative estimate of drug-likeness (QED) is 0.708. The summed E-state index contributed by atoms with van der Waals surface area (Å²) in [6.07, 6.45) is 0.899. The van der Waals surface area contributed by atoms with E-state index in [-0.39, 0.29) is 16.6 Å². The van der Waals surface area contributed by atoms with Crippen molar-refractivity contribution in [1.29, 1.82) is 0 Å². The van der Waals surface area contributed by atoms with Gasteiger partial charge in [-0.2, -0.15) is 0 Å². The molecule has 0 spiro atoms. The van der Waals surface area contributed by atoms with Gasteiger partial charge < -0.3 is 10.2 Å². The highest BCUT2D eigenvalue weighted by Crippen LogP contribution is 2.27. The van der Waals surface area contributed by atoms with Crippen molar-refractivity contribution < 1.29 is 15.0 Å². The summed E-state index contributed by atoms with van der Waals surface area (Å²) in [6.45, 7) is 4.03. The van der Waals surface area contributed by atoms with E-state index in [4.69, 9.17) is 0 Å². The van der Waals surface area contributed by atoms with Crippen LogP contribution < -0.4 is 0 Å². The summed E-state index contributed by atoms with van der Waals surface area (Å²) in [6, 6.07) is 13.3. The number of carbonyl (C=O) groups excluding carboxylic acids is 1. The minimum absolute atomic E-state index is 0.0207. The summed E-state index contributed by atoms with van der Waals surface area (Å²) < 4.78 is 0. The van der Waals surface area contributed by atoms with Crippen LogP contribution in [0, 0.1) is 0 Å². The van der Waals surface area contributed by atoms with Crippen LogP contribution in [0.5, 0.6) is 11.5 Å². The third kappa shape index (κ3) is 5.69. The lowest BCUT2D eigenvalue weighted by atomic mass is 10.2. The highest BCUT2D eigenvalue weighted by molar-refractivity contribution is 8.14. The van der Waals surface area contributed by atoms with E-state index in [1.165, 1.54) is 23.9 Å². The van der Waals surface area contributed by atoms with Crippen molar-refractivity contribution >= 4 is 33.5 Å². The van der Waals surface area contributed by atoms with Gasteiger partial charge in [0.05, 0.1) is 0 Å². The van der Waals surface area contributed by atoms with Crippen LogP contribution in [0.3, 0.4) is 0 Å². The molecule has 0 aliphatic heterocycles. The molecule has 0 fully saturated rings. The summed E-state index contributed by atoms with van der Waals surface area (Å²) >= 11 is 2.94. The molecular formula is C18H18O3S2. The zero-order valence-electron chi connectivity index (χ0n) is 12.6. The molecule has 3 nitrogen and oxygen atoms in total. The maximum Gasteiger partial charge on any atom is 0.219 e. The van der Waals surface area contributed by atoms with Gasteiger partial charge in [0.2, 0.25) is 5.12 Å². The molecule has 0 saturated carbocycles. The van der Waals surface area contributed by atoms with Crippen LogP contribution in [0.2, 0.25) is 0 Å². The molecule has 0 aromatic heterocycles. The lowest BCUT2D eigenvalue weighted by Crippen LogP contribution is -1.95. The van der Waals surface area contributed by atoms with E-state index in [9.17, 15) is 15.0 Å². The van der Waals surface area contributed by atoms with Crippen molar-refractivity contribution in [2.45, 2.75) is 6.42 Å². The van der Waals surface area contributed by atoms with Crippen LogP contribution in [-0.2, 0) is 0 Å². The molecule has 2 aromatic carbocycles. The van der Waals surface area contributed by atoms with Crippen LogP contribution in [0.4, 0.5) is 0 Å². The Hall–Kier alpha value is -1.85. The summed E-state index contributed by atoms with van der Waals surface area (Å²) in [5.74, 6) is 2.04. The average Bonchev–Trinajstić information content (AvgIpc) is 2.55. The Bertz CT molecular complexity index is 604. The predicted molar refractivity (Wildman–Crippen MR) is 99.1 cm³/mol. The molecule has 2 aromatic rings. The van der Waals surface area contributed by atoms with E-state index in [0.717, 1.165) is 28.4 Å². The molecule has 23 heavy (non-hydrogen) atoms. The Balaban J connectivity index is 1.67. The van der Waals surface area contributed by atoms with Gasteiger partial charge in [0.15, 0.2) is 0 Å². The Morgan fingerprint density at radius 1 is 0.826 bits per heavy atom. The lowest BCUT2D eigenvalue weighted by Gasteiger charge is -2.06. The minimum Gasteiger partial charge on any atom is -0.508 e. The molecule has 0 amide bonds. The maximum atomic E-state index is 11.9. The molecule has 2 N–H and O–H groups in total. The highest BCUT2D eigenvalue weighted by Gasteiger charge is 2.06. The number of phenolic OH excluding ortho intramolecular Hbond substituents is 2. The Labute approximate surface area is 144 Å². The largest absolute Gasteiger partial charge is 0.508 e. The first-order valence-corrected chi connectivity index (χ1v) is 9.10. The van der Waals surface area contributed by atoms with E-state index < -0.39 is 0 Å². The molecule has 0 atom stereocenters. The van der Waals surface area contributed by atoms with Gasteiger partial charge in [-0.15, -0.1) is 11.8 Å². The van der Waals surface area contributed by atoms with Crippen molar-refractivity contribution in [3.8, 4) is 11.5 Å². The maximum absolute atomic E-state index is 11.9.